The molecule has 0 spiro atoms. The SMILES string of the molecule is CCc1ccc(NC(=O)C(=O)Nc2ccc(C)c(C)c2)cc1. The summed E-state index contributed by atoms with van der Waals surface area (Å²) in [6.07, 6.45) is 0.932. The smallest absolute Gasteiger partial charge is 0.314 e. The van der Waals surface area contributed by atoms with Crippen LogP contribution in [0.5, 0.6) is 0 Å². The minimum absolute atomic E-state index is 0.609. The van der Waals surface area contributed by atoms with E-state index < -0.39 is 11.8 Å². The summed E-state index contributed by atoms with van der Waals surface area (Å²) in [4.78, 5) is 23.8. The zero-order valence-corrected chi connectivity index (χ0v) is 13.1. The van der Waals surface area contributed by atoms with E-state index in [-0.39, 0.29) is 0 Å². The molecule has 0 aliphatic heterocycles. The average molecular weight is 296 g/mol. The fraction of sp³-hybridized carbons (Fsp3) is 0.222. The summed E-state index contributed by atoms with van der Waals surface area (Å²) in [5.41, 5.74) is 4.60. The van der Waals surface area contributed by atoms with E-state index in [1.54, 1.807) is 18.2 Å². The molecule has 0 aliphatic carbocycles. The molecule has 0 fully saturated rings. The Morgan fingerprint density at radius 2 is 1.36 bits per heavy atom. The van der Waals surface area contributed by atoms with E-state index in [2.05, 4.69) is 17.6 Å². The maximum Gasteiger partial charge on any atom is 0.314 e. The fourth-order valence-corrected chi connectivity index (χ4v) is 2.02. The minimum Gasteiger partial charge on any atom is -0.318 e. The molecule has 0 aliphatic rings. The van der Waals surface area contributed by atoms with Crippen LogP contribution < -0.4 is 10.6 Å². The molecule has 0 saturated carbocycles. The van der Waals surface area contributed by atoms with Gasteiger partial charge in [-0.25, -0.2) is 0 Å². The van der Waals surface area contributed by atoms with Crippen molar-refractivity contribution in [3.63, 3.8) is 0 Å². The number of benzene rings is 2. The molecule has 114 valence electrons. The van der Waals surface area contributed by atoms with Gasteiger partial charge in [0.05, 0.1) is 0 Å². The van der Waals surface area contributed by atoms with Crippen LogP contribution >= 0.6 is 0 Å². The van der Waals surface area contributed by atoms with Gasteiger partial charge in [0.25, 0.3) is 0 Å². The van der Waals surface area contributed by atoms with Gasteiger partial charge in [-0.1, -0.05) is 25.1 Å². The second-order valence-electron chi connectivity index (χ2n) is 5.26. The van der Waals surface area contributed by atoms with E-state index in [0.29, 0.717) is 11.4 Å². The first-order chi connectivity index (χ1) is 10.5. The first-order valence-corrected chi connectivity index (χ1v) is 7.28. The van der Waals surface area contributed by atoms with Gasteiger partial charge in [-0.15, -0.1) is 0 Å². The Bertz CT molecular complexity index is 691. The number of carbonyl (C=O) groups is 2. The molecular formula is C18H20N2O2. The van der Waals surface area contributed by atoms with E-state index in [9.17, 15) is 9.59 Å². The highest BCUT2D eigenvalue weighted by atomic mass is 16.2. The molecule has 22 heavy (non-hydrogen) atoms. The van der Waals surface area contributed by atoms with Crippen LogP contribution in [0.1, 0.15) is 23.6 Å². The number of nitrogens with one attached hydrogen (secondary N) is 2. The highest BCUT2D eigenvalue weighted by molar-refractivity contribution is 6.43. The second kappa shape index (κ2) is 6.89. The van der Waals surface area contributed by atoms with Crippen LogP contribution in [0.15, 0.2) is 42.5 Å². The summed E-state index contributed by atoms with van der Waals surface area (Å²) < 4.78 is 0. The second-order valence-corrected chi connectivity index (χ2v) is 5.26. The van der Waals surface area contributed by atoms with Gasteiger partial charge in [-0.05, 0) is 61.2 Å². The first kappa shape index (κ1) is 15.8. The predicted octanol–water partition coefficient (Wildman–Crippen LogP) is 3.44. The highest BCUT2D eigenvalue weighted by Crippen LogP contribution is 2.14. The third-order valence-corrected chi connectivity index (χ3v) is 3.59. The van der Waals surface area contributed by atoms with Crippen LogP contribution in [-0.2, 0) is 16.0 Å². The molecule has 0 aromatic heterocycles. The molecule has 2 aromatic carbocycles. The Balaban J connectivity index is 1.99. The summed E-state index contributed by atoms with van der Waals surface area (Å²) >= 11 is 0. The summed E-state index contributed by atoms with van der Waals surface area (Å²) in [7, 11) is 0. The van der Waals surface area contributed by atoms with Gasteiger partial charge >= 0.3 is 11.8 Å². The number of anilines is 2. The summed E-state index contributed by atoms with van der Waals surface area (Å²) in [6, 6.07) is 13.0. The Morgan fingerprint density at radius 3 is 1.91 bits per heavy atom. The maximum absolute atomic E-state index is 11.9. The van der Waals surface area contributed by atoms with E-state index >= 15 is 0 Å². The van der Waals surface area contributed by atoms with Crippen molar-refractivity contribution in [1.29, 1.82) is 0 Å². The Hall–Kier alpha value is -2.62. The van der Waals surface area contributed by atoms with E-state index in [0.717, 1.165) is 17.5 Å². The van der Waals surface area contributed by atoms with Gasteiger partial charge in [0, 0.05) is 11.4 Å². The molecule has 0 bridgehead atoms. The number of carbonyl (C=O) groups excluding carboxylic acids is 2. The quantitative estimate of drug-likeness (QED) is 0.852. The van der Waals surface area contributed by atoms with Crippen LogP contribution in [0.25, 0.3) is 0 Å². The van der Waals surface area contributed by atoms with Crippen molar-refractivity contribution in [3.8, 4) is 0 Å². The number of aryl methyl sites for hydroxylation is 3. The molecule has 0 atom stereocenters. The summed E-state index contributed by atoms with van der Waals surface area (Å²) in [5, 5.41) is 5.19. The molecule has 0 radical (unpaired) electrons. The third kappa shape index (κ3) is 3.95. The van der Waals surface area contributed by atoms with E-state index in [1.165, 1.54) is 5.56 Å². The number of hydrogen-bond donors (Lipinski definition) is 2. The Morgan fingerprint density at radius 1 is 0.818 bits per heavy atom. The van der Waals surface area contributed by atoms with Crippen LogP contribution in [0, 0.1) is 13.8 Å². The lowest BCUT2D eigenvalue weighted by Gasteiger charge is -2.08. The molecule has 0 saturated heterocycles. The number of amides is 2. The van der Waals surface area contributed by atoms with Crippen LogP contribution in [0.3, 0.4) is 0 Å². The predicted molar refractivity (Wildman–Crippen MR) is 89.0 cm³/mol. The van der Waals surface area contributed by atoms with Crippen LogP contribution in [-0.4, -0.2) is 11.8 Å². The summed E-state index contributed by atoms with van der Waals surface area (Å²) in [5.74, 6) is -1.36. The van der Waals surface area contributed by atoms with Gasteiger partial charge in [0.2, 0.25) is 0 Å². The van der Waals surface area contributed by atoms with Gasteiger partial charge in [0.1, 0.15) is 0 Å². The molecule has 2 N–H and O–H groups in total. The average Bonchev–Trinajstić information content (AvgIpc) is 2.51. The van der Waals surface area contributed by atoms with Crippen molar-refractivity contribution in [2.24, 2.45) is 0 Å². The molecule has 4 nitrogen and oxygen atoms in total. The highest BCUT2D eigenvalue weighted by Gasteiger charge is 2.14. The molecule has 0 unspecified atom stereocenters. The van der Waals surface area contributed by atoms with Gasteiger partial charge < -0.3 is 10.6 Å². The molecule has 0 heterocycles. The van der Waals surface area contributed by atoms with Gasteiger partial charge in [0.15, 0.2) is 0 Å². The van der Waals surface area contributed by atoms with Crippen LogP contribution in [0.4, 0.5) is 11.4 Å². The van der Waals surface area contributed by atoms with Crippen molar-refractivity contribution in [2.45, 2.75) is 27.2 Å². The van der Waals surface area contributed by atoms with Crippen molar-refractivity contribution in [1.82, 2.24) is 0 Å². The molecule has 2 rings (SSSR count). The van der Waals surface area contributed by atoms with Crippen LogP contribution in [0.2, 0.25) is 0 Å². The third-order valence-electron chi connectivity index (χ3n) is 3.59. The van der Waals surface area contributed by atoms with E-state index in [4.69, 9.17) is 0 Å². The normalized spacial score (nSPS) is 10.1. The summed E-state index contributed by atoms with van der Waals surface area (Å²) in [6.45, 7) is 6.01. The minimum atomic E-state index is -0.678. The lowest BCUT2D eigenvalue weighted by atomic mass is 10.1. The standard InChI is InChI=1S/C18H20N2O2/c1-4-14-6-9-15(10-7-14)19-17(21)18(22)20-16-8-5-12(2)13(3)11-16/h5-11H,4H2,1-3H3,(H,19,21)(H,20,22). The molecule has 4 heteroatoms. The van der Waals surface area contributed by atoms with E-state index in [1.807, 2.05) is 38.1 Å². The van der Waals surface area contributed by atoms with Crippen molar-refractivity contribution in [3.05, 3.63) is 59.2 Å². The monoisotopic (exact) mass is 296 g/mol. The molecule has 2 amide bonds. The van der Waals surface area contributed by atoms with Gasteiger partial charge in [-0.3, -0.25) is 9.59 Å². The first-order valence-electron chi connectivity index (χ1n) is 7.28. The fourth-order valence-electron chi connectivity index (χ4n) is 2.02. The number of rotatable bonds is 3. The lowest BCUT2D eigenvalue weighted by Crippen LogP contribution is -2.29. The van der Waals surface area contributed by atoms with Crippen molar-refractivity contribution in [2.75, 3.05) is 10.6 Å². The zero-order valence-electron chi connectivity index (χ0n) is 13.1. The Labute approximate surface area is 130 Å². The van der Waals surface area contributed by atoms with Gasteiger partial charge in [-0.2, -0.15) is 0 Å². The Kier molecular flexibility index (Phi) is 4.94. The molecule has 2 aromatic rings. The lowest BCUT2D eigenvalue weighted by molar-refractivity contribution is -0.132. The zero-order chi connectivity index (χ0) is 16.1. The number of hydrogen-bond acceptors (Lipinski definition) is 2. The topological polar surface area (TPSA) is 58.2 Å². The van der Waals surface area contributed by atoms with Crippen molar-refractivity contribution >= 4 is 23.2 Å². The largest absolute Gasteiger partial charge is 0.318 e. The maximum atomic E-state index is 11.9. The van der Waals surface area contributed by atoms with Crippen molar-refractivity contribution < 1.29 is 9.59 Å². The molecular weight excluding hydrogens is 276 g/mol.